The van der Waals surface area contributed by atoms with Crippen LogP contribution in [0.4, 0.5) is 14.5 Å². The van der Waals surface area contributed by atoms with Crippen molar-refractivity contribution in [3.63, 3.8) is 0 Å². The molecular formula is C11H14F2N2O2. The number of anilines is 1. The third-order valence-electron chi connectivity index (χ3n) is 2.21. The molecule has 17 heavy (non-hydrogen) atoms. The lowest BCUT2D eigenvalue weighted by Gasteiger charge is -2.12. The van der Waals surface area contributed by atoms with Crippen LogP contribution < -0.4 is 11.1 Å². The van der Waals surface area contributed by atoms with Gasteiger partial charge < -0.3 is 15.8 Å². The minimum atomic E-state index is -1.01. The van der Waals surface area contributed by atoms with E-state index in [1.54, 1.807) is 0 Å². The van der Waals surface area contributed by atoms with Gasteiger partial charge in [0.05, 0.1) is 12.5 Å². The van der Waals surface area contributed by atoms with Crippen molar-refractivity contribution in [2.24, 2.45) is 5.73 Å². The fourth-order valence-corrected chi connectivity index (χ4v) is 1.26. The van der Waals surface area contributed by atoms with Crippen molar-refractivity contribution in [1.29, 1.82) is 0 Å². The Kier molecular flexibility index (Phi) is 4.99. The smallest absolute Gasteiger partial charge is 0.227 e. The van der Waals surface area contributed by atoms with Crippen molar-refractivity contribution in [3.8, 4) is 0 Å². The second kappa shape index (κ2) is 6.27. The molecule has 0 aliphatic heterocycles. The Labute approximate surface area is 97.8 Å². The van der Waals surface area contributed by atoms with E-state index in [4.69, 9.17) is 10.5 Å². The van der Waals surface area contributed by atoms with Crippen LogP contribution in [0.5, 0.6) is 0 Å². The number of nitrogens with one attached hydrogen (secondary N) is 1. The Bertz CT molecular complexity index is 395. The molecule has 0 bridgehead atoms. The predicted molar refractivity (Wildman–Crippen MR) is 59.5 cm³/mol. The molecule has 1 aromatic rings. The molecule has 0 spiro atoms. The molecule has 4 nitrogen and oxygen atoms in total. The molecule has 94 valence electrons. The number of methoxy groups -OCH3 is 1. The molecule has 0 fully saturated rings. The van der Waals surface area contributed by atoms with Crippen LogP contribution in [0, 0.1) is 11.6 Å². The topological polar surface area (TPSA) is 64.3 Å². The maximum Gasteiger partial charge on any atom is 0.227 e. The zero-order valence-electron chi connectivity index (χ0n) is 9.37. The predicted octanol–water partition coefficient (Wildman–Crippen LogP) is 1.27. The van der Waals surface area contributed by atoms with E-state index in [-0.39, 0.29) is 30.7 Å². The van der Waals surface area contributed by atoms with Gasteiger partial charge >= 0.3 is 0 Å². The first kappa shape index (κ1) is 13.5. The number of nitrogens with two attached hydrogens (primary N) is 1. The molecule has 0 radical (unpaired) electrons. The van der Waals surface area contributed by atoms with Gasteiger partial charge in [-0.15, -0.1) is 0 Å². The number of halogens is 2. The van der Waals surface area contributed by atoms with E-state index in [9.17, 15) is 13.6 Å². The molecule has 0 aromatic heterocycles. The van der Waals surface area contributed by atoms with Gasteiger partial charge in [0.2, 0.25) is 5.91 Å². The maximum absolute atomic E-state index is 12.9. The first-order valence-corrected chi connectivity index (χ1v) is 5.04. The highest BCUT2D eigenvalue weighted by molar-refractivity contribution is 5.91. The average Bonchev–Trinajstić information content (AvgIpc) is 2.31. The zero-order valence-corrected chi connectivity index (χ0v) is 9.37. The zero-order chi connectivity index (χ0) is 12.8. The van der Waals surface area contributed by atoms with Crippen molar-refractivity contribution in [2.45, 2.75) is 12.5 Å². The van der Waals surface area contributed by atoms with Crippen LogP contribution in [0.3, 0.4) is 0 Å². The van der Waals surface area contributed by atoms with E-state index in [1.165, 1.54) is 13.2 Å². The van der Waals surface area contributed by atoms with Crippen LogP contribution in [0.1, 0.15) is 6.42 Å². The summed E-state index contributed by atoms with van der Waals surface area (Å²) < 4.78 is 30.4. The first-order valence-electron chi connectivity index (χ1n) is 5.04. The number of carbonyl (C=O) groups excluding carboxylic acids is 1. The second-order valence-electron chi connectivity index (χ2n) is 3.47. The molecule has 1 amide bonds. The quantitative estimate of drug-likeness (QED) is 0.819. The van der Waals surface area contributed by atoms with Crippen LogP contribution in [-0.4, -0.2) is 25.7 Å². The lowest BCUT2D eigenvalue weighted by atomic mass is 10.2. The molecule has 1 aromatic carbocycles. The van der Waals surface area contributed by atoms with Crippen molar-refractivity contribution in [3.05, 3.63) is 29.8 Å². The highest BCUT2D eigenvalue weighted by Crippen LogP contribution is 2.13. The van der Waals surface area contributed by atoms with Crippen molar-refractivity contribution >= 4 is 11.6 Å². The van der Waals surface area contributed by atoms with Gasteiger partial charge in [-0.2, -0.15) is 0 Å². The monoisotopic (exact) mass is 244 g/mol. The molecule has 6 heteroatoms. The molecule has 0 saturated heterocycles. The Balaban J connectivity index is 2.58. The molecule has 1 atom stereocenters. The lowest BCUT2D eigenvalue weighted by molar-refractivity contribution is -0.118. The summed E-state index contributed by atoms with van der Waals surface area (Å²) in [5.41, 5.74) is 5.55. The summed E-state index contributed by atoms with van der Waals surface area (Å²) in [6.07, 6.45) is -0.327. The van der Waals surface area contributed by atoms with Crippen LogP contribution in [0.2, 0.25) is 0 Å². The number of amides is 1. The number of hydrogen-bond donors (Lipinski definition) is 2. The highest BCUT2D eigenvalue weighted by atomic mass is 19.2. The summed E-state index contributed by atoms with van der Waals surface area (Å²) >= 11 is 0. The van der Waals surface area contributed by atoms with Gasteiger partial charge in [0.15, 0.2) is 11.6 Å². The number of ether oxygens (including phenoxy) is 1. The third kappa shape index (κ3) is 4.08. The fourth-order valence-electron chi connectivity index (χ4n) is 1.26. The molecule has 0 heterocycles. The molecule has 1 unspecified atom stereocenters. The molecule has 3 N–H and O–H groups in total. The van der Waals surface area contributed by atoms with E-state index in [1.807, 2.05) is 0 Å². The fraction of sp³-hybridized carbons (Fsp3) is 0.364. The Morgan fingerprint density at radius 1 is 1.47 bits per heavy atom. The SMILES string of the molecule is COC(CN)CC(=O)Nc1ccc(F)c(F)c1. The Morgan fingerprint density at radius 2 is 2.18 bits per heavy atom. The number of carbonyl (C=O) groups is 1. The van der Waals surface area contributed by atoms with Gasteiger partial charge in [-0.05, 0) is 12.1 Å². The van der Waals surface area contributed by atoms with Gasteiger partial charge in [0.25, 0.3) is 0 Å². The molecule has 1 rings (SSSR count). The molecule has 0 saturated carbocycles. The number of hydrogen-bond acceptors (Lipinski definition) is 3. The van der Waals surface area contributed by atoms with E-state index >= 15 is 0 Å². The minimum absolute atomic E-state index is 0.0615. The summed E-state index contributed by atoms with van der Waals surface area (Å²) in [6.45, 7) is 0.210. The van der Waals surface area contributed by atoms with Crippen LogP contribution >= 0.6 is 0 Å². The molecule has 0 aliphatic rings. The van der Waals surface area contributed by atoms with Gasteiger partial charge in [-0.1, -0.05) is 0 Å². The van der Waals surface area contributed by atoms with Crippen LogP contribution in [0.25, 0.3) is 0 Å². The van der Waals surface area contributed by atoms with Crippen molar-refractivity contribution < 1.29 is 18.3 Å². The third-order valence-corrected chi connectivity index (χ3v) is 2.21. The Hall–Kier alpha value is -1.53. The highest BCUT2D eigenvalue weighted by Gasteiger charge is 2.12. The first-order chi connectivity index (χ1) is 8.06. The largest absolute Gasteiger partial charge is 0.380 e. The summed E-state index contributed by atoms with van der Waals surface area (Å²) in [4.78, 5) is 11.5. The molecule has 0 aliphatic carbocycles. The number of benzene rings is 1. The average molecular weight is 244 g/mol. The summed E-state index contributed by atoms with van der Waals surface area (Å²) in [6, 6.07) is 3.14. The Morgan fingerprint density at radius 3 is 2.71 bits per heavy atom. The normalized spacial score (nSPS) is 12.2. The summed E-state index contributed by atoms with van der Waals surface area (Å²) in [5.74, 6) is -2.34. The standard InChI is InChI=1S/C11H14F2N2O2/c1-17-8(6-14)5-11(16)15-7-2-3-9(12)10(13)4-7/h2-4,8H,5-6,14H2,1H3,(H,15,16). The van der Waals surface area contributed by atoms with Gasteiger partial charge in [0.1, 0.15) is 0 Å². The van der Waals surface area contributed by atoms with E-state index in [0.717, 1.165) is 12.1 Å². The molecular weight excluding hydrogens is 230 g/mol. The van der Waals surface area contributed by atoms with Crippen LogP contribution in [-0.2, 0) is 9.53 Å². The second-order valence-corrected chi connectivity index (χ2v) is 3.47. The van der Waals surface area contributed by atoms with Gasteiger partial charge in [0, 0.05) is 25.4 Å². The van der Waals surface area contributed by atoms with Crippen molar-refractivity contribution in [2.75, 3.05) is 19.0 Å². The van der Waals surface area contributed by atoms with Gasteiger partial charge in [-0.3, -0.25) is 4.79 Å². The van der Waals surface area contributed by atoms with Gasteiger partial charge in [-0.25, -0.2) is 8.78 Å². The minimum Gasteiger partial charge on any atom is -0.380 e. The maximum atomic E-state index is 12.9. The van der Waals surface area contributed by atoms with E-state index < -0.39 is 11.6 Å². The van der Waals surface area contributed by atoms with E-state index in [2.05, 4.69) is 5.32 Å². The number of rotatable bonds is 5. The summed E-state index contributed by atoms with van der Waals surface area (Å²) in [5, 5.41) is 2.43. The lowest BCUT2D eigenvalue weighted by Crippen LogP contribution is -2.28. The van der Waals surface area contributed by atoms with Crippen molar-refractivity contribution in [1.82, 2.24) is 0 Å². The van der Waals surface area contributed by atoms with E-state index in [0.29, 0.717) is 0 Å². The van der Waals surface area contributed by atoms with Crippen LogP contribution in [0.15, 0.2) is 18.2 Å². The summed E-state index contributed by atoms with van der Waals surface area (Å²) in [7, 11) is 1.45.